The summed E-state index contributed by atoms with van der Waals surface area (Å²) in [6.07, 6.45) is 69.1. The molecule has 0 amide bonds. The zero-order valence-corrected chi connectivity index (χ0v) is 46.6. The lowest BCUT2D eigenvalue weighted by Gasteiger charge is -2.18. The molecule has 0 spiro atoms. The van der Waals surface area contributed by atoms with Crippen molar-refractivity contribution in [2.24, 2.45) is 0 Å². The second-order valence-electron chi connectivity index (χ2n) is 21.0. The van der Waals surface area contributed by atoms with E-state index in [1.165, 1.54) is 238 Å². The fourth-order valence-electron chi connectivity index (χ4n) is 9.26. The van der Waals surface area contributed by atoms with Gasteiger partial charge >= 0.3 is 17.9 Å². The largest absolute Gasteiger partial charge is 0.462 e. The lowest BCUT2D eigenvalue weighted by molar-refractivity contribution is -0.167. The number of carbonyl (C=O) groups excluding carboxylic acids is 3. The Morgan fingerprint density at radius 1 is 0.275 bits per heavy atom. The van der Waals surface area contributed by atoms with E-state index >= 15 is 0 Å². The van der Waals surface area contributed by atoms with Crippen LogP contribution in [-0.4, -0.2) is 37.2 Å². The lowest BCUT2D eigenvalue weighted by Crippen LogP contribution is -2.30. The van der Waals surface area contributed by atoms with E-state index in [2.05, 4.69) is 45.1 Å². The molecule has 6 heteroatoms. The average molecular weight is 972 g/mol. The summed E-state index contributed by atoms with van der Waals surface area (Å²) < 4.78 is 16.9. The molecule has 0 aliphatic carbocycles. The molecule has 0 aliphatic rings. The Morgan fingerprint density at radius 3 is 0.754 bits per heavy atom. The van der Waals surface area contributed by atoms with Crippen molar-refractivity contribution >= 4 is 17.9 Å². The third kappa shape index (κ3) is 56.7. The first-order valence-electron chi connectivity index (χ1n) is 30.8. The fraction of sp³-hybridized carbons (Fsp3) is 0.889. The smallest absolute Gasteiger partial charge is 0.306 e. The van der Waals surface area contributed by atoms with E-state index in [0.29, 0.717) is 19.3 Å². The first kappa shape index (κ1) is 66.9. The fourth-order valence-corrected chi connectivity index (χ4v) is 9.26. The summed E-state index contributed by atoms with van der Waals surface area (Å²) in [4.78, 5) is 38.1. The quantitative estimate of drug-likeness (QED) is 0.0261. The van der Waals surface area contributed by atoms with Crippen molar-refractivity contribution in [2.75, 3.05) is 13.2 Å². The summed E-state index contributed by atoms with van der Waals surface area (Å²) in [5, 5.41) is 0. The standard InChI is InChI=1S/C63H118O6/c1-4-7-10-13-16-19-22-25-26-27-28-29-30-31-32-33-34-35-36-37-38-39-42-44-47-50-53-56-62(65)68-59-60(69-63(66)57-54-51-48-45-41-24-21-18-15-12-9-6-3)58-67-61(64)55-52-49-46-43-40-23-20-17-14-11-8-5-2/h18,21,27-28,60H,4-17,19-20,22-26,29-59H2,1-3H3/b21-18-,28-27-. The number of allylic oxidation sites excluding steroid dienone is 4. The zero-order chi connectivity index (χ0) is 50.0. The predicted octanol–water partition coefficient (Wildman–Crippen LogP) is 20.7. The van der Waals surface area contributed by atoms with Crippen LogP contribution in [0.3, 0.4) is 0 Å². The number of ether oxygens (including phenoxy) is 3. The van der Waals surface area contributed by atoms with Gasteiger partial charge in [-0.2, -0.15) is 0 Å². The Balaban J connectivity index is 4.12. The number of esters is 3. The molecular weight excluding hydrogens is 853 g/mol. The molecule has 0 aromatic carbocycles. The molecule has 0 N–H and O–H groups in total. The highest BCUT2D eigenvalue weighted by molar-refractivity contribution is 5.71. The van der Waals surface area contributed by atoms with Gasteiger partial charge < -0.3 is 14.2 Å². The van der Waals surface area contributed by atoms with Gasteiger partial charge in [0.15, 0.2) is 6.10 Å². The molecule has 0 aliphatic heterocycles. The van der Waals surface area contributed by atoms with Crippen molar-refractivity contribution in [1.82, 2.24) is 0 Å². The Kier molecular flexibility index (Phi) is 56.7. The van der Waals surface area contributed by atoms with Gasteiger partial charge in [-0.15, -0.1) is 0 Å². The molecule has 0 heterocycles. The molecule has 69 heavy (non-hydrogen) atoms. The number of hydrogen-bond acceptors (Lipinski definition) is 6. The van der Waals surface area contributed by atoms with Crippen LogP contribution in [0.25, 0.3) is 0 Å². The summed E-state index contributed by atoms with van der Waals surface area (Å²) >= 11 is 0. The summed E-state index contributed by atoms with van der Waals surface area (Å²) in [6.45, 7) is 6.65. The molecule has 1 unspecified atom stereocenters. The Bertz CT molecular complexity index is 1110. The molecule has 0 aromatic heterocycles. The van der Waals surface area contributed by atoms with Crippen LogP contribution in [0.15, 0.2) is 24.3 Å². The van der Waals surface area contributed by atoms with Crippen molar-refractivity contribution < 1.29 is 28.6 Å². The molecule has 0 saturated heterocycles. The number of hydrogen-bond donors (Lipinski definition) is 0. The van der Waals surface area contributed by atoms with Crippen LogP contribution in [0.2, 0.25) is 0 Å². The van der Waals surface area contributed by atoms with E-state index in [1.54, 1.807) is 0 Å². The van der Waals surface area contributed by atoms with Gasteiger partial charge in [-0.1, -0.05) is 276 Å². The molecule has 0 radical (unpaired) electrons. The Hall–Kier alpha value is -2.11. The topological polar surface area (TPSA) is 78.9 Å². The molecule has 0 saturated carbocycles. The van der Waals surface area contributed by atoms with Crippen LogP contribution < -0.4 is 0 Å². The van der Waals surface area contributed by atoms with E-state index in [0.717, 1.165) is 64.2 Å². The molecule has 0 rings (SSSR count). The second kappa shape index (κ2) is 58.5. The molecule has 0 fully saturated rings. The third-order valence-electron chi connectivity index (χ3n) is 13.9. The minimum atomic E-state index is -0.770. The minimum Gasteiger partial charge on any atom is -0.462 e. The maximum Gasteiger partial charge on any atom is 0.306 e. The summed E-state index contributed by atoms with van der Waals surface area (Å²) in [5.74, 6) is -0.859. The minimum absolute atomic E-state index is 0.0696. The predicted molar refractivity (Wildman–Crippen MR) is 298 cm³/mol. The van der Waals surface area contributed by atoms with Crippen LogP contribution >= 0.6 is 0 Å². The number of rotatable bonds is 57. The van der Waals surface area contributed by atoms with Gasteiger partial charge in [0.2, 0.25) is 0 Å². The van der Waals surface area contributed by atoms with Crippen molar-refractivity contribution in [1.29, 1.82) is 0 Å². The molecule has 1 atom stereocenters. The highest BCUT2D eigenvalue weighted by Crippen LogP contribution is 2.17. The van der Waals surface area contributed by atoms with Gasteiger partial charge in [0.05, 0.1) is 0 Å². The van der Waals surface area contributed by atoms with Gasteiger partial charge in [-0.25, -0.2) is 0 Å². The first-order chi connectivity index (χ1) is 34.0. The van der Waals surface area contributed by atoms with Gasteiger partial charge in [0, 0.05) is 19.3 Å². The average Bonchev–Trinajstić information content (AvgIpc) is 3.35. The van der Waals surface area contributed by atoms with Gasteiger partial charge in [0.25, 0.3) is 0 Å². The molecule has 0 aromatic rings. The van der Waals surface area contributed by atoms with Crippen molar-refractivity contribution in [3.05, 3.63) is 24.3 Å². The van der Waals surface area contributed by atoms with Gasteiger partial charge in [0.1, 0.15) is 13.2 Å². The van der Waals surface area contributed by atoms with Crippen LogP contribution in [0.1, 0.15) is 342 Å². The highest BCUT2D eigenvalue weighted by atomic mass is 16.6. The van der Waals surface area contributed by atoms with Crippen molar-refractivity contribution in [3.63, 3.8) is 0 Å². The van der Waals surface area contributed by atoms with E-state index < -0.39 is 6.10 Å². The highest BCUT2D eigenvalue weighted by Gasteiger charge is 2.19. The summed E-state index contributed by atoms with van der Waals surface area (Å²) in [5.41, 5.74) is 0. The Morgan fingerprint density at radius 2 is 0.478 bits per heavy atom. The van der Waals surface area contributed by atoms with E-state index in [-0.39, 0.29) is 31.1 Å². The summed E-state index contributed by atoms with van der Waals surface area (Å²) in [7, 11) is 0. The molecule has 0 bridgehead atoms. The molecular formula is C63H118O6. The van der Waals surface area contributed by atoms with E-state index in [1.807, 2.05) is 0 Å². The number of carbonyl (C=O) groups is 3. The first-order valence-corrected chi connectivity index (χ1v) is 30.8. The van der Waals surface area contributed by atoms with E-state index in [9.17, 15) is 14.4 Å². The molecule has 6 nitrogen and oxygen atoms in total. The van der Waals surface area contributed by atoms with Crippen molar-refractivity contribution in [3.8, 4) is 0 Å². The van der Waals surface area contributed by atoms with Gasteiger partial charge in [-0.3, -0.25) is 14.4 Å². The second-order valence-corrected chi connectivity index (χ2v) is 21.0. The van der Waals surface area contributed by atoms with Crippen molar-refractivity contribution in [2.45, 2.75) is 348 Å². The maximum atomic E-state index is 12.8. The Labute approximate surface area is 430 Å². The SMILES string of the molecule is CCCCC/C=C\CCCCCCCC(=O)OC(COC(=O)CCCCCCCCCCCCCC)COC(=O)CCCCCCCCCCCCCCCCC/C=C\CCCCCCCCCC. The normalized spacial score (nSPS) is 12.1. The third-order valence-corrected chi connectivity index (χ3v) is 13.9. The lowest BCUT2D eigenvalue weighted by atomic mass is 10.0. The molecule has 406 valence electrons. The van der Waals surface area contributed by atoms with Crippen LogP contribution in [0.4, 0.5) is 0 Å². The number of unbranched alkanes of at least 4 members (excludes halogenated alkanes) is 42. The van der Waals surface area contributed by atoms with E-state index in [4.69, 9.17) is 14.2 Å². The maximum absolute atomic E-state index is 12.8. The zero-order valence-electron chi connectivity index (χ0n) is 46.6. The monoisotopic (exact) mass is 971 g/mol. The summed E-state index contributed by atoms with van der Waals surface area (Å²) in [6, 6.07) is 0. The van der Waals surface area contributed by atoms with Crippen LogP contribution in [0.5, 0.6) is 0 Å². The van der Waals surface area contributed by atoms with Crippen LogP contribution in [0, 0.1) is 0 Å². The van der Waals surface area contributed by atoms with Crippen LogP contribution in [-0.2, 0) is 28.6 Å². The van der Waals surface area contributed by atoms with Gasteiger partial charge in [-0.05, 0) is 70.6 Å².